The van der Waals surface area contributed by atoms with E-state index < -0.39 is 17.8 Å². The van der Waals surface area contributed by atoms with Gasteiger partial charge >= 0.3 is 6.03 Å². The van der Waals surface area contributed by atoms with Gasteiger partial charge in [-0.25, -0.2) is 9.69 Å². The third-order valence-electron chi connectivity index (χ3n) is 5.64. The number of benzene rings is 2. The minimum Gasteiger partial charge on any atom is -0.372 e. The standard InChI is InChI=1S/C24H25N3O3/c1-15-12-16(2)21(17(3)13-15)27-23(29)20(22(28)25-24(27)30)14-18-6-8-19(9-7-18)26-10-4-5-11-26/h6-9,12-14H,4-5,10-11H2,1-3H3,(H,25,28,30). The van der Waals surface area contributed by atoms with Gasteiger partial charge in [0.25, 0.3) is 11.8 Å². The first kappa shape index (κ1) is 19.9. The van der Waals surface area contributed by atoms with E-state index in [0.29, 0.717) is 5.69 Å². The Bertz CT molecular complexity index is 1040. The minimum absolute atomic E-state index is 0.0529. The summed E-state index contributed by atoms with van der Waals surface area (Å²) in [6.45, 7) is 7.77. The fraction of sp³-hybridized carbons (Fsp3) is 0.292. The summed E-state index contributed by atoms with van der Waals surface area (Å²) in [5.74, 6) is -1.28. The van der Waals surface area contributed by atoms with Gasteiger partial charge in [-0.3, -0.25) is 14.9 Å². The van der Waals surface area contributed by atoms with Crippen LogP contribution in [0.3, 0.4) is 0 Å². The van der Waals surface area contributed by atoms with Gasteiger partial charge in [0.2, 0.25) is 0 Å². The lowest BCUT2D eigenvalue weighted by molar-refractivity contribution is -0.122. The topological polar surface area (TPSA) is 69.7 Å². The number of hydrogen-bond donors (Lipinski definition) is 1. The maximum absolute atomic E-state index is 13.2. The highest BCUT2D eigenvalue weighted by molar-refractivity contribution is 6.39. The van der Waals surface area contributed by atoms with E-state index in [2.05, 4.69) is 10.2 Å². The van der Waals surface area contributed by atoms with Crippen LogP contribution in [-0.2, 0) is 9.59 Å². The molecule has 0 aromatic heterocycles. The molecule has 2 fully saturated rings. The maximum Gasteiger partial charge on any atom is 0.335 e. The van der Waals surface area contributed by atoms with E-state index in [1.807, 2.05) is 57.2 Å². The van der Waals surface area contributed by atoms with Crippen LogP contribution >= 0.6 is 0 Å². The molecule has 0 saturated carbocycles. The third-order valence-corrected chi connectivity index (χ3v) is 5.64. The quantitative estimate of drug-likeness (QED) is 0.624. The molecule has 4 amide bonds. The molecule has 1 N–H and O–H groups in total. The van der Waals surface area contributed by atoms with Crippen LogP contribution in [-0.4, -0.2) is 30.9 Å². The number of nitrogens with one attached hydrogen (secondary N) is 1. The fourth-order valence-corrected chi connectivity index (χ4v) is 4.31. The Morgan fingerprint density at radius 3 is 2.10 bits per heavy atom. The SMILES string of the molecule is Cc1cc(C)c(N2C(=O)NC(=O)C(=Cc3ccc(N4CCCC4)cc3)C2=O)c(C)c1. The summed E-state index contributed by atoms with van der Waals surface area (Å²) in [6.07, 6.45) is 3.94. The van der Waals surface area contributed by atoms with Gasteiger partial charge in [0, 0.05) is 18.8 Å². The molecule has 2 aromatic rings. The number of hydrogen-bond acceptors (Lipinski definition) is 4. The summed E-state index contributed by atoms with van der Waals surface area (Å²) in [6, 6.07) is 10.9. The van der Waals surface area contributed by atoms with Crippen molar-refractivity contribution < 1.29 is 14.4 Å². The molecular formula is C24H25N3O3. The van der Waals surface area contributed by atoms with Crippen molar-refractivity contribution in [1.82, 2.24) is 5.32 Å². The first-order chi connectivity index (χ1) is 14.3. The molecule has 2 heterocycles. The fourth-order valence-electron chi connectivity index (χ4n) is 4.31. The van der Waals surface area contributed by atoms with E-state index in [4.69, 9.17) is 0 Å². The zero-order chi connectivity index (χ0) is 21.4. The van der Waals surface area contributed by atoms with Crippen LogP contribution in [0.15, 0.2) is 42.0 Å². The highest BCUT2D eigenvalue weighted by Crippen LogP contribution is 2.30. The van der Waals surface area contributed by atoms with Crippen molar-refractivity contribution in [3.05, 3.63) is 64.2 Å². The first-order valence-corrected chi connectivity index (χ1v) is 10.2. The Kier molecular flexibility index (Phi) is 5.16. The van der Waals surface area contributed by atoms with Gasteiger partial charge in [-0.2, -0.15) is 0 Å². The molecule has 0 bridgehead atoms. The molecule has 0 atom stereocenters. The van der Waals surface area contributed by atoms with Gasteiger partial charge < -0.3 is 4.90 Å². The summed E-state index contributed by atoms with van der Waals surface area (Å²) in [4.78, 5) is 41.5. The largest absolute Gasteiger partial charge is 0.372 e. The van der Waals surface area contributed by atoms with Crippen LogP contribution in [0.25, 0.3) is 6.08 Å². The van der Waals surface area contributed by atoms with Crippen LogP contribution < -0.4 is 15.1 Å². The zero-order valence-electron chi connectivity index (χ0n) is 17.5. The molecule has 2 aliphatic heterocycles. The summed E-state index contributed by atoms with van der Waals surface area (Å²) >= 11 is 0. The van der Waals surface area contributed by atoms with Crippen molar-refractivity contribution in [1.29, 1.82) is 0 Å². The Labute approximate surface area is 176 Å². The monoisotopic (exact) mass is 403 g/mol. The van der Waals surface area contributed by atoms with Crippen LogP contribution in [0, 0.1) is 20.8 Å². The highest BCUT2D eigenvalue weighted by atomic mass is 16.2. The Hall–Kier alpha value is -3.41. The lowest BCUT2D eigenvalue weighted by Crippen LogP contribution is -2.54. The van der Waals surface area contributed by atoms with Gasteiger partial charge in [-0.05, 0) is 68.5 Å². The number of imide groups is 2. The second-order valence-corrected chi connectivity index (χ2v) is 7.99. The number of carbonyl (C=O) groups excluding carboxylic acids is 3. The number of rotatable bonds is 3. The van der Waals surface area contributed by atoms with E-state index in [-0.39, 0.29) is 5.57 Å². The summed E-state index contributed by atoms with van der Waals surface area (Å²) < 4.78 is 0. The van der Waals surface area contributed by atoms with E-state index in [1.165, 1.54) is 12.8 Å². The summed E-state index contributed by atoms with van der Waals surface area (Å²) in [5.41, 5.74) is 5.00. The van der Waals surface area contributed by atoms with Crippen molar-refractivity contribution in [2.45, 2.75) is 33.6 Å². The minimum atomic E-state index is -0.721. The molecule has 2 saturated heterocycles. The van der Waals surface area contributed by atoms with Crippen LogP contribution in [0.2, 0.25) is 0 Å². The van der Waals surface area contributed by atoms with Crippen LogP contribution in [0.5, 0.6) is 0 Å². The highest BCUT2D eigenvalue weighted by Gasteiger charge is 2.38. The summed E-state index contributed by atoms with van der Waals surface area (Å²) in [5, 5.41) is 2.30. The van der Waals surface area contributed by atoms with E-state index in [0.717, 1.165) is 45.9 Å². The predicted molar refractivity (Wildman–Crippen MR) is 118 cm³/mol. The molecule has 0 unspecified atom stereocenters. The van der Waals surface area contributed by atoms with Gasteiger partial charge in [0.1, 0.15) is 5.57 Å². The molecule has 6 nitrogen and oxygen atoms in total. The number of aryl methyl sites for hydroxylation is 3. The number of amides is 4. The van der Waals surface area contributed by atoms with Crippen molar-refractivity contribution in [3.63, 3.8) is 0 Å². The number of nitrogens with zero attached hydrogens (tertiary/aromatic N) is 2. The summed E-state index contributed by atoms with van der Waals surface area (Å²) in [7, 11) is 0. The second-order valence-electron chi connectivity index (χ2n) is 7.99. The Morgan fingerprint density at radius 2 is 1.50 bits per heavy atom. The normalized spacial score (nSPS) is 18.4. The third kappa shape index (κ3) is 3.61. The van der Waals surface area contributed by atoms with Crippen molar-refractivity contribution >= 4 is 35.3 Å². The molecule has 0 spiro atoms. The zero-order valence-corrected chi connectivity index (χ0v) is 17.5. The van der Waals surface area contributed by atoms with Gasteiger partial charge in [0.15, 0.2) is 0 Å². The molecule has 2 aromatic carbocycles. The molecule has 4 rings (SSSR count). The molecular weight excluding hydrogens is 378 g/mol. The molecule has 6 heteroatoms. The second kappa shape index (κ2) is 7.78. The number of anilines is 2. The number of urea groups is 1. The molecule has 0 radical (unpaired) electrons. The van der Waals surface area contributed by atoms with Gasteiger partial charge in [-0.15, -0.1) is 0 Å². The van der Waals surface area contributed by atoms with Crippen LogP contribution in [0.4, 0.5) is 16.2 Å². The smallest absolute Gasteiger partial charge is 0.335 e. The average Bonchev–Trinajstić information content (AvgIpc) is 3.22. The number of barbiturate groups is 1. The maximum atomic E-state index is 13.2. The molecule has 2 aliphatic rings. The Morgan fingerprint density at radius 1 is 0.900 bits per heavy atom. The van der Waals surface area contributed by atoms with E-state index in [1.54, 1.807) is 6.08 Å². The average molecular weight is 403 g/mol. The molecule has 154 valence electrons. The lowest BCUT2D eigenvalue weighted by Gasteiger charge is -2.29. The molecule has 0 aliphatic carbocycles. The van der Waals surface area contributed by atoms with Crippen LogP contribution in [0.1, 0.15) is 35.1 Å². The van der Waals surface area contributed by atoms with Crippen molar-refractivity contribution in [3.8, 4) is 0 Å². The predicted octanol–water partition coefficient (Wildman–Crippen LogP) is 3.88. The van der Waals surface area contributed by atoms with Crippen molar-refractivity contribution in [2.75, 3.05) is 22.9 Å². The van der Waals surface area contributed by atoms with E-state index in [9.17, 15) is 14.4 Å². The van der Waals surface area contributed by atoms with Gasteiger partial charge in [0.05, 0.1) is 5.69 Å². The number of carbonyl (C=O) groups is 3. The molecule has 30 heavy (non-hydrogen) atoms. The van der Waals surface area contributed by atoms with E-state index >= 15 is 0 Å². The Balaban J connectivity index is 1.67. The van der Waals surface area contributed by atoms with Gasteiger partial charge in [-0.1, -0.05) is 29.8 Å². The lowest BCUT2D eigenvalue weighted by atomic mass is 10.0. The van der Waals surface area contributed by atoms with Crippen molar-refractivity contribution in [2.24, 2.45) is 0 Å². The first-order valence-electron chi connectivity index (χ1n) is 10.2.